The minimum atomic E-state index is -0.171. The molecule has 1 amide bonds. The van der Waals surface area contributed by atoms with Crippen LogP contribution in [0.2, 0.25) is 0 Å². The SMILES string of the molecule is Cc1cnc([C@H]2COCCN2C(=O)Cc2c(C)noc2C)[nH]1. The first-order valence-corrected chi connectivity index (χ1v) is 7.36. The van der Waals surface area contributed by atoms with E-state index in [0.717, 1.165) is 22.8 Å². The number of aryl methyl sites for hydroxylation is 3. The van der Waals surface area contributed by atoms with E-state index in [0.29, 0.717) is 25.5 Å². The maximum atomic E-state index is 12.7. The highest BCUT2D eigenvalue weighted by atomic mass is 16.5. The summed E-state index contributed by atoms with van der Waals surface area (Å²) in [5, 5.41) is 3.91. The van der Waals surface area contributed by atoms with E-state index in [-0.39, 0.29) is 18.4 Å². The molecule has 0 spiro atoms. The average molecular weight is 304 g/mol. The standard InChI is InChI=1S/C15H20N4O3/c1-9-7-16-15(17-9)13-8-21-5-4-19(13)14(20)6-12-10(2)18-22-11(12)3/h7,13H,4-6,8H2,1-3H3,(H,16,17)/t13-/m1/s1. The molecule has 1 saturated heterocycles. The van der Waals surface area contributed by atoms with Crippen molar-refractivity contribution in [3.05, 3.63) is 34.7 Å². The maximum absolute atomic E-state index is 12.7. The maximum Gasteiger partial charge on any atom is 0.227 e. The minimum Gasteiger partial charge on any atom is -0.377 e. The molecular weight excluding hydrogens is 284 g/mol. The summed E-state index contributed by atoms with van der Waals surface area (Å²) in [5.41, 5.74) is 2.61. The molecule has 0 bridgehead atoms. The Kier molecular flexibility index (Phi) is 3.98. The van der Waals surface area contributed by atoms with Crippen molar-refractivity contribution < 1.29 is 14.1 Å². The van der Waals surface area contributed by atoms with Crippen LogP contribution in [-0.4, -0.2) is 45.7 Å². The Morgan fingerprint density at radius 1 is 1.45 bits per heavy atom. The summed E-state index contributed by atoms with van der Waals surface area (Å²) in [7, 11) is 0. The number of nitrogens with zero attached hydrogens (tertiary/aromatic N) is 3. The normalized spacial score (nSPS) is 18.7. The van der Waals surface area contributed by atoms with Crippen LogP contribution >= 0.6 is 0 Å². The molecule has 0 aromatic carbocycles. The van der Waals surface area contributed by atoms with Crippen molar-refractivity contribution in [1.82, 2.24) is 20.0 Å². The van der Waals surface area contributed by atoms with Gasteiger partial charge in [0.05, 0.1) is 25.3 Å². The van der Waals surface area contributed by atoms with E-state index in [1.807, 2.05) is 25.7 Å². The van der Waals surface area contributed by atoms with E-state index >= 15 is 0 Å². The van der Waals surface area contributed by atoms with E-state index < -0.39 is 0 Å². The molecule has 0 radical (unpaired) electrons. The van der Waals surface area contributed by atoms with Gasteiger partial charge in [0, 0.05) is 24.0 Å². The Hall–Kier alpha value is -2.15. The van der Waals surface area contributed by atoms with E-state index in [1.54, 1.807) is 6.20 Å². The number of carbonyl (C=O) groups is 1. The van der Waals surface area contributed by atoms with Crippen LogP contribution in [-0.2, 0) is 16.0 Å². The summed E-state index contributed by atoms with van der Waals surface area (Å²) in [5.74, 6) is 1.51. The van der Waals surface area contributed by atoms with Crippen LogP contribution in [0.4, 0.5) is 0 Å². The van der Waals surface area contributed by atoms with Crippen LogP contribution in [0.25, 0.3) is 0 Å². The zero-order valence-corrected chi connectivity index (χ0v) is 13.0. The summed E-state index contributed by atoms with van der Waals surface area (Å²) in [4.78, 5) is 22.1. The number of rotatable bonds is 3. The molecule has 1 aliphatic rings. The van der Waals surface area contributed by atoms with Gasteiger partial charge in [0.15, 0.2) is 0 Å². The monoisotopic (exact) mass is 304 g/mol. The van der Waals surface area contributed by atoms with Crippen LogP contribution in [0.15, 0.2) is 10.7 Å². The van der Waals surface area contributed by atoms with Crippen molar-refractivity contribution in [1.29, 1.82) is 0 Å². The van der Waals surface area contributed by atoms with Gasteiger partial charge in [0.1, 0.15) is 17.6 Å². The Morgan fingerprint density at radius 2 is 2.27 bits per heavy atom. The van der Waals surface area contributed by atoms with Crippen molar-refractivity contribution >= 4 is 5.91 Å². The number of nitrogens with one attached hydrogen (secondary N) is 1. The number of morpholine rings is 1. The molecule has 3 rings (SSSR count). The molecule has 0 saturated carbocycles. The number of hydrogen-bond donors (Lipinski definition) is 1. The van der Waals surface area contributed by atoms with Crippen molar-refractivity contribution in [2.75, 3.05) is 19.8 Å². The number of ether oxygens (including phenoxy) is 1. The second-order valence-electron chi connectivity index (χ2n) is 5.61. The highest BCUT2D eigenvalue weighted by molar-refractivity contribution is 5.79. The van der Waals surface area contributed by atoms with Crippen molar-refractivity contribution in [3.8, 4) is 0 Å². The van der Waals surface area contributed by atoms with Crippen LogP contribution in [0.3, 0.4) is 0 Å². The topological polar surface area (TPSA) is 84.2 Å². The summed E-state index contributed by atoms with van der Waals surface area (Å²) < 4.78 is 10.7. The van der Waals surface area contributed by atoms with E-state index in [9.17, 15) is 4.79 Å². The minimum absolute atomic E-state index is 0.0387. The number of amides is 1. The van der Waals surface area contributed by atoms with Gasteiger partial charge in [-0.1, -0.05) is 5.16 Å². The van der Waals surface area contributed by atoms with Crippen molar-refractivity contribution in [2.45, 2.75) is 33.2 Å². The first-order valence-electron chi connectivity index (χ1n) is 7.36. The lowest BCUT2D eigenvalue weighted by Crippen LogP contribution is -2.44. The molecule has 0 unspecified atom stereocenters. The van der Waals surface area contributed by atoms with E-state index in [2.05, 4.69) is 15.1 Å². The fourth-order valence-corrected chi connectivity index (χ4v) is 2.74. The van der Waals surface area contributed by atoms with Crippen LogP contribution in [0.5, 0.6) is 0 Å². The zero-order valence-electron chi connectivity index (χ0n) is 13.0. The summed E-state index contributed by atoms with van der Waals surface area (Å²) in [6, 6.07) is -0.171. The Balaban J connectivity index is 1.80. The van der Waals surface area contributed by atoms with Gasteiger partial charge in [-0.2, -0.15) is 0 Å². The number of carbonyl (C=O) groups excluding carboxylic acids is 1. The van der Waals surface area contributed by atoms with Gasteiger partial charge >= 0.3 is 0 Å². The summed E-state index contributed by atoms with van der Waals surface area (Å²) >= 11 is 0. The molecule has 1 aliphatic heterocycles. The number of imidazole rings is 1. The first-order chi connectivity index (χ1) is 10.6. The van der Waals surface area contributed by atoms with E-state index in [4.69, 9.17) is 9.26 Å². The molecule has 7 heteroatoms. The predicted molar refractivity (Wildman–Crippen MR) is 78.3 cm³/mol. The van der Waals surface area contributed by atoms with E-state index in [1.165, 1.54) is 0 Å². The molecular formula is C15H20N4O3. The molecule has 2 aromatic rings. The molecule has 1 atom stereocenters. The smallest absolute Gasteiger partial charge is 0.227 e. The van der Waals surface area contributed by atoms with Gasteiger partial charge in [-0.05, 0) is 20.8 Å². The lowest BCUT2D eigenvalue weighted by Gasteiger charge is -2.34. The molecule has 3 heterocycles. The molecule has 7 nitrogen and oxygen atoms in total. The third-order valence-corrected chi connectivity index (χ3v) is 4.00. The molecule has 2 aromatic heterocycles. The quantitative estimate of drug-likeness (QED) is 0.928. The van der Waals surface area contributed by atoms with Crippen LogP contribution in [0.1, 0.15) is 34.6 Å². The predicted octanol–water partition coefficient (Wildman–Crippen LogP) is 1.47. The summed E-state index contributed by atoms with van der Waals surface area (Å²) in [6.07, 6.45) is 2.05. The zero-order chi connectivity index (χ0) is 15.7. The van der Waals surface area contributed by atoms with Gasteiger partial charge in [-0.15, -0.1) is 0 Å². The number of aromatic nitrogens is 3. The Bertz CT molecular complexity index is 657. The van der Waals surface area contributed by atoms with Gasteiger partial charge in [0.2, 0.25) is 5.91 Å². The fraction of sp³-hybridized carbons (Fsp3) is 0.533. The van der Waals surface area contributed by atoms with Gasteiger partial charge < -0.3 is 19.1 Å². The van der Waals surface area contributed by atoms with Crippen LogP contribution in [0, 0.1) is 20.8 Å². The lowest BCUT2D eigenvalue weighted by atomic mass is 10.1. The van der Waals surface area contributed by atoms with Gasteiger partial charge in [-0.3, -0.25) is 4.79 Å². The molecule has 22 heavy (non-hydrogen) atoms. The molecule has 1 N–H and O–H groups in total. The third kappa shape index (κ3) is 2.76. The lowest BCUT2D eigenvalue weighted by molar-refractivity contribution is -0.139. The summed E-state index contributed by atoms with van der Waals surface area (Å²) in [6.45, 7) is 7.19. The first kappa shape index (κ1) is 14.8. The second-order valence-corrected chi connectivity index (χ2v) is 5.61. The number of H-pyrrole nitrogens is 1. The van der Waals surface area contributed by atoms with Crippen molar-refractivity contribution in [3.63, 3.8) is 0 Å². The van der Waals surface area contributed by atoms with Gasteiger partial charge in [0.25, 0.3) is 0 Å². The average Bonchev–Trinajstić information content (AvgIpc) is 3.08. The highest BCUT2D eigenvalue weighted by Crippen LogP contribution is 2.24. The second kappa shape index (κ2) is 5.92. The van der Waals surface area contributed by atoms with Crippen molar-refractivity contribution in [2.24, 2.45) is 0 Å². The molecule has 0 aliphatic carbocycles. The van der Waals surface area contributed by atoms with Crippen LogP contribution < -0.4 is 0 Å². The Labute approximate surface area is 128 Å². The number of hydrogen-bond acceptors (Lipinski definition) is 5. The third-order valence-electron chi connectivity index (χ3n) is 4.00. The molecule has 1 fully saturated rings. The highest BCUT2D eigenvalue weighted by Gasteiger charge is 2.31. The number of aromatic amines is 1. The fourth-order valence-electron chi connectivity index (χ4n) is 2.74. The molecule has 118 valence electrons. The van der Waals surface area contributed by atoms with Gasteiger partial charge in [-0.25, -0.2) is 4.98 Å². The Morgan fingerprint density at radius 3 is 2.91 bits per heavy atom. The largest absolute Gasteiger partial charge is 0.377 e.